The number of hydrogen-bond donors (Lipinski definition) is 1. The lowest BCUT2D eigenvalue weighted by molar-refractivity contribution is -0.189. The van der Waals surface area contributed by atoms with E-state index in [2.05, 4.69) is 17.1 Å². The molecule has 3 unspecified atom stereocenters. The molecule has 112 valence electrons. The molecule has 0 amide bonds. The van der Waals surface area contributed by atoms with Gasteiger partial charge in [-0.15, -0.1) is 0 Å². The van der Waals surface area contributed by atoms with Gasteiger partial charge in [-0.1, -0.05) is 19.8 Å². The molecule has 0 aromatic carbocycles. The van der Waals surface area contributed by atoms with E-state index in [4.69, 9.17) is 0 Å². The zero-order chi connectivity index (χ0) is 13.9. The highest BCUT2D eigenvalue weighted by Gasteiger charge is 2.45. The molecular weight excluding hydrogens is 253 g/mol. The second-order valence-electron chi connectivity index (χ2n) is 5.87. The minimum Gasteiger partial charge on any atom is -0.312 e. The summed E-state index contributed by atoms with van der Waals surface area (Å²) in [6.45, 7) is 4.93. The SMILES string of the molecule is CCN1CCCC1CNC1CCCCC1C(F)(F)F. The van der Waals surface area contributed by atoms with E-state index < -0.39 is 12.1 Å². The lowest BCUT2D eigenvalue weighted by Crippen LogP contribution is -2.49. The first-order valence-corrected chi connectivity index (χ1v) is 7.56. The van der Waals surface area contributed by atoms with Gasteiger partial charge in [-0.05, 0) is 38.8 Å². The van der Waals surface area contributed by atoms with Crippen LogP contribution in [0.3, 0.4) is 0 Å². The van der Waals surface area contributed by atoms with Gasteiger partial charge in [0.2, 0.25) is 0 Å². The summed E-state index contributed by atoms with van der Waals surface area (Å²) in [6, 6.07) is 0.0638. The highest BCUT2D eigenvalue weighted by molar-refractivity contribution is 4.88. The van der Waals surface area contributed by atoms with Gasteiger partial charge < -0.3 is 5.32 Å². The van der Waals surface area contributed by atoms with Crippen molar-refractivity contribution in [2.24, 2.45) is 5.92 Å². The predicted molar refractivity (Wildman–Crippen MR) is 70.1 cm³/mol. The van der Waals surface area contributed by atoms with Crippen LogP contribution >= 0.6 is 0 Å². The van der Waals surface area contributed by atoms with Crippen molar-refractivity contribution in [3.05, 3.63) is 0 Å². The molecule has 0 aromatic rings. The van der Waals surface area contributed by atoms with E-state index in [0.29, 0.717) is 31.8 Å². The molecule has 0 bridgehead atoms. The van der Waals surface area contributed by atoms with Crippen LogP contribution in [-0.2, 0) is 0 Å². The molecule has 2 nitrogen and oxygen atoms in total. The van der Waals surface area contributed by atoms with Crippen LogP contribution < -0.4 is 5.32 Å². The average Bonchev–Trinajstić information content (AvgIpc) is 2.83. The number of hydrogen-bond acceptors (Lipinski definition) is 2. The normalized spacial score (nSPS) is 33.8. The van der Waals surface area contributed by atoms with Crippen LogP contribution in [0, 0.1) is 5.92 Å². The van der Waals surface area contributed by atoms with E-state index in [1.807, 2.05) is 0 Å². The Labute approximate surface area is 113 Å². The minimum atomic E-state index is -4.04. The van der Waals surface area contributed by atoms with Crippen LogP contribution in [0.4, 0.5) is 13.2 Å². The molecule has 1 aliphatic carbocycles. The first kappa shape index (κ1) is 15.1. The van der Waals surface area contributed by atoms with Crippen LogP contribution in [0.5, 0.6) is 0 Å². The van der Waals surface area contributed by atoms with Gasteiger partial charge in [-0.3, -0.25) is 4.90 Å². The maximum Gasteiger partial charge on any atom is 0.393 e. The van der Waals surface area contributed by atoms with E-state index in [0.717, 1.165) is 25.9 Å². The fraction of sp³-hybridized carbons (Fsp3) is 1.00. The van der Waals surface area contributed by atoms with E-state index in [1.165, 1.54) is 6.42 Å². The summed E-state index contributed by atoms with van der Waals surface area (Å²) in [5.41, 5.74) is 0. The number of likely N-dealkylation sites (N-methyl/N-ethyl adjacent to an activating group) is 1. The van der Waals surface area contributed by atoms with Gasteiger partial charge >= 0.3 is 6.18 Å². The molecule has 1 saturated heterocycles. The second-order valence-corrected chi connectivity index (χ2v) is 5.87. The van der Waals surface area contributed by atoms with E-state index >= 15 is 0 Å². The molecule has 2 fully saturated rings. The molecule has 0 spiro atoms. The monoisotopic (exact) mass is 278 g/mol. The molecule has 3 atom stereocenters. The smallest absolute Gasteiger partial charge is 0.312 e. The first-order chi connectivity index (χ1) is 9.02. The van der Waals surface area contributed by atoms with Crippen LogP contribution in [0.1, 0.15) is 45.4 Å². The third-order valence-corrected chi connectivity index (χ3v) is 4.71. The first-order valence-electron chi connectivity index (χ1n) is 7.56. The zero-order valence-electron chi connectivity index (χ0n) is 11.7. The number of rotatable bonds is 4. The van der Waals surface area contributed by atoms with E-state index in [1.54, 1.807) is 0 Å². The van der Waals surface area contributed by atoms with Crippen LogP contribution in [-0.4, -0.2) is 42.8 Å². The second kappa shape index (κ2) is 6.44. The third kappa shape index (κ3) is 3.85. The van der Waals surface area contributed by atoms with Crippen LogP contribution in [0.25, 0.3) is 0 Å². The minimum absolute atomic E-state index is 0.295. The summed E-state index contributed by atoms with van der Waals surface area (Å²) in [6.07, 6.45) is 0.849. The molecule has 2 aliphatic rings. The predicted octanol–water partition coefficient (Wildman–Crippen LogP) is 3.18. The van der Waals surface area contributed by atoms with Gasteiger partial charge in [0.05, 0.1) is 5.92 Å². The number of halogens is 3. The van der Waals surface area contributed by atoms with E-state index in [9.17, 15) is 13.2 Å². The Kier molecular flexibility index (Phi) is 5.12. The largest absolute Gasteiger partial charge is 0.393 e. The third-order valence-electron chi connectivity index (χ3n) is 4.71. The van der Waals surface area contributed by atoms with Gasteiger partial charge in [-0.2, -0.15) is 13.2 Å². The fourth-order valence-electron chi connectivity index (χ4n) is 3.60. The van der Waals surface area contributed by atoms with Gasteiger partial charge in [-0.25, -0.2) is 0 Å². The van der Waals surface area contributed by atoms with Crippen molar-refractivity contribution in [1.82, 2.24) is 10.2 Å². The molecule has 5 heteroatoms. The quantitative estimate of drug-likeness (QED) is 0.849. The maximum atomic E-state index is 13.0. The molecule has 1 aliphatic heterocycles. The van der Waals surface area contributed by atoms with Crippen molar-refractivity contribution in [3.63, 3.8) is 0 Å². The number of nitrogens with one attached hydrogen (secondary N) is 1. The van der Waals surface area contributed by atoms with Gasteiger partial charge in [0.15, 0.2) is 0 Å². The maximum absolute atomic E-state index is 13.0. The summed E-state index contributed by atoms with van der Waals surface area (Å²) >= 11 is 0. The molecule has 0 radical (unpaired) electrons. The topological polar surface area (TPSA) is 15.3 Å². The Morgan fingerprint density at radius 3 is 2.53 bits per heavy atom. The number of likely N-dealkylation sites (tertiary alicyclic amines) is 1. The molecule has 1 N–H and O–H groups in total. The summed E-state index contributed by atoms with van der Waals surface area (Å²) in [7, 11) is 0. The van der Waals surface area contributed by atoms with Crippen molar-refractivity contribution >= 4 is 0 Å². The number of alkyl halides is 3. The highest BCUT2D eigenvalue weighted by Crippen LogP contribution is 2.37. The van der Waals surface area contributed by atoms with Gasteiger partial charge in [0.25, 0.3) is 0 Å². The number of nitrogens with zero attached hydrogens (tertiary/aromatic N) is 1. The van der Waals surface area contributed by atoms with Crippen LogP contribution in [0.2, 0.25) is 0 Å². The summed E-state index contributed by atoms with van der Waals surface area (Å²) < 4.78 is 39.0. The Hall–Kier alpha value is -0.290. The zero-order valence-corrected chi connectivity index (χ0v) is 11.7. The average molecular weight is 278 g/mol. The standard InChI is InChI=1S/C14H25F3N2/c1-2-19-9-5-6-11(19)10-18-13-8-4-3-7-12(13)14(15,16)17/h11-13,18H,2-10H2,1H3. The molecule has 2 rings (SSSR count). The lowest BCUT2D eigenvalue weighted by atomic mass is 9.84. The Morgan fingerprint density at radius 1 is 1.11 bits per heavy atom. The van der Waals surface area contributed by atoms with Gasteiger partial charge in [0.1, 0.15) is 0 Å². The summed E-state index contributed by atoms with van der Waals surface area (Å²) in [5, 5.41) is 3.22. The van der Waals surface area contributed by atoms with Crippen molar-refractivity contribution in [1.29, 1.82) is 0 Å². The molecule has 0 aromatic heterocycles. The lowest BCUT2D eigenvalue weighted by Gasteiger charge is -2.35. The Bertz CT molecular complexity index is 280. The summed E-state index contributed by atoms with van der Waals surface area (Å²) in [5.74, 6) is -1.14. The summed E-state index contributed by atoms with van der Waals surface area (Å²) in [4.78, 5) is 2.37. The van der Waals surface area contributed by atoms with Crippen molar-refractivity contribution in [2.45, 2.75) is 63.7 Å². The van der Waals surface area contributed by atoms with Crippen LogP contribution in [0.15, 0.2) is 0 Å². The molecule has 19 heavy (non-hydrogen) atoms. The Morgan fingerprint density at radius 2 is 1.84 bits per heavy atom. The van der Waals surface area contributed by atoms with Gasteiger partial charge in [0, 0.05) is 18.6 Å². The van der Waals surface area contributed by atoms with Crippen molar-refractivity contribution in [3.8, 4) is 0 Å². The van der Waals surface area contributed by atoms with Crippen molar-refractivity contribution < 1.29 is 13.2 Å². The fourth-order valence-corrected chi connectivity index (χ4v) is 3.60. The Balaban J connectivity index is 1.86. The van der Waals surface area contributed by atoms with Crippen molar-refractivity contribution in [2.75, 3.05) is 19.6 Å². The highest BCUT2D eigenvalue weighted by atomic mass is 19.4. The van der Waals surface area contributed by atoms with E-state index in [-0.39, 0.29) is 6.04 Å². The molecule has 1 heterocycles. The molecular formula is C14H25F3N2. The molecule has 1 saturated carbocycles.